The van der Waals surface area contributed by atoms with Crippen LogP contribution in [0, 0.1) is 11.8 Å². The number of carbonyl (C=O) groups is 5. The number of ether oxygens (including phenoxy) is 1. The molecule has 2 aromatic rings. The molecule has 0 saturated carbocycles. The van der Waals surface area contributed by atoms with Crippen LogP contribution in [0.4, 0.5) is 0 Å². The average molecular weight is 548 g/mol. The lowest BCUT2D eigenvalue weighted by molar-refractivity contribution is -0.150. The molecular formula is C27H37N3O7S. The zero-order valence-electron chi connectivity index (χ0n) is 22.2. The number of ketones is 1. The number of nitrogens with two attached hydrogens (primary N) is 1. The van der Waals surface area contributed by atoms with Crippen LogP contribution in [-0.2, 0) is 35.1 Å². The molecule has 10 nitrogen and oxygen atoms in total. The molecule has 0 radical (unpaired) electrons. The minimum absolute atomic E-state index is 0.0508. The number of methoxy groups -OCH3 is 1. The van der Waals surface area contributed by atoms with E-state index in [-0.39, 0.29) is 36.7 Å². The number of esters is 1. The molecule has 0 aliphatic rings. The van der Waals surface area contributed by atoms with Crippen molar-refractivity contribution in [1.82, 2.24) is 10.3 Å². The van der Waals surface area contributed by atoms with Crippen molar-refractivity contribution in [1.29, 1.82) is 0 Å². The summed E-state index contributed by atoms with van der Waals surface area (Å²) in [5, 5.41) is 12.0. The molecule has 0 saturated heterocycles. The molecule has 11 heteroatoms. The largest absolute Gasteiger partial charge is 0.480 e. The van der Waals surface area contributed by atoms with Crippen LogP contribution in [0.25, 0.3) is 10.9 Å². The van der Waals surface area contributed by atoms with Crippen molar-refractivity contribution in [2.45, 2.75) is 70.2 Å². The summed E-state index contributed by atoms with van der Waals surface area (Å²) < 4.78 is 4.80. The lowest BCUT2D eigenvalue weighted by Crippen LogP contribution is -2.46. The molecule has 5 N–H and O–H groups in total. The molecule has 4 atom stereocenters. The van der Waals surface area contributed by atoms with Crippen molar-refractivity contribution < 1.29 is 33.8 Å². The van der Waals surface area contributed by atoms with Gasteiger partial charge in [-0.25, -0.2) is 4.79 Å². The number of carboxylic acids is 1. The number of rotatable bonds is 15. The first-order valence-corrected chi connectivity index (χ1v) is 13.4. The maximum absolute atomic E-state index is 13.1. The number of thioether (sulfide) groups is 1. The monoisotopic (exact) mass is 547 g/mol. The van der Waals surface area contributed by atoms with Crippen LogP contribution >= 0.6 is 11.8 Å². The maximum Gasteiger partial charge on any atom is 0.326 e. The van der Waals surface area contributed by atoms with E-state index in [0.29, 0.717) is 6.42 Å². The third kappa shape index (κ3) is 8.98. The number of Topliss-reactive ketones (excluding diaryl/α,β-unsaturated/α-hetero) is 1. The third-order valence-corrected chi connectivity index (χ3v) is 7.26. The lowest BCUT2D eigenvalue weighted by atomic mass is 9.89. The molecule has 2 rings (SSSR count). The van der Waals surface area contributed by atoms with Crippen LogP contribution in [0.1, 0.15) is 52.0 Å². The maximum atomic E-state index is 13.1. The summed E-state index contributed by atoms with van der Waals surface area (Å²) in [6.07, 6.45) is 2.67. The van der Waals surface area contributed by atoms with Gasteiger partial charge >= 0.3 is 11.9 Å². The molecule has 2 unspecified atom stereocenters. The number of H-pyrrole nitrogens is 1. The Balaban J connectivity index is 2.09. The number of aromatic amines is 1. The molecular weight excluding hydrogens is 510 g/mol. The van der Waals surface area contributed by atoms with Gasteiger partial charge in [0, 0.05) is 30.4 Å². The molecule has 1 heterocycles. The highest BCUT2D eigenvalue weighted by Gasteiger charge is 2.33. The average Bonchev–Trinajstić information content (AvgIpc) is 3.26. The molecule has 1 amide bonds. The normalized spacial score (nSPS) is 14.5. The smallest absolute Gasteiger partial charge is 0.326 e. The van der Waals surface area contributed by atoms with Crippen molar-refractivity contribution in [3.8, 4) is 0 Å². The van der Waals surface area contributed by atoms with Gasteiger partial charge in [0.05, 0.1) is 18.4 Å². The molecule has 0 aliphatic heterocycles. The number of hydrogen-bond donors (Lipinski definition) is 4. The number of aromatic nitrogens is 1. The predicted molar refractivity (Wildman–Crippen MR) is 145 cm³/mol. The van der Waals surface area contributed by atoms with E-state index in [1.165, 1.54) is 14.0 Å². The van der Waals surface area contributed by atoms with Gasteiger partial charge in [0.15, 0.2) is 10.9 Å². The van der Waals surface area contributed by atoms with E-state index in [2.05, 4.69) is 10.3 Å². The van der Waals surface area contributed by atoms with Gasteiger partial charge in [-0.1, -0.05) is 50.2 Å². The highest BCUT2D eigenvalue weighted by Crippen LogP contribution is 2.24. The SMILES string of the molecule is COC(=O)C(CCCC(SC(C)=O)C(=O)N[C@@H](Cc1c[nH]c2ccccc12)C(=O)O)C(=O)[C@@H](N)CC(C)C. The second-order valence-electron chi connectivity index (χ2n) is 9.71. The fourth-order valence-corrected chi connectivity index (χ4v) is 5.20. The van der Waals surface area contributed by atoms with Gasteiger partial charge in [-0.05, 0) is 36.8 Å². The van der Waals surface area contributed by atoms with Crippen molar-refractivity contribution in [2.24, 2.45) is 17.6 Å². The second kappa shape index (κ2) is 14.7. The number of carboxylic acid groups (broad SMARTS) is 1. The lowest BCUT2D eigenvalue weighted by Gasteiger charge is -2.21. The Bertz CT molecular complexity index is 1150. The number of para-hydroxylation sites is 1. The summed E-state index contributed by atoms with van der Waals surface area (Å²) in [6.45, 7) is 5.16. The predicted octanol–water partition coefficient (Wildman–Crippen LogP) is 2.83. The number of carbonyl (C=O) groups excluding carboxylic acids is 4. The highest BCUT2D eigenvalue weighted by molar-refractivity contribution is 8.14. The van der Waals surface area contributed by atoms with Crippen molar-refractivity contribution in [3.63, 3.8) is 0 Å². The Labute approximate surface area is 226 Å². The number of amides is 1. The van der Waals surface area contributed by atoms with Gasteiger partial charge in [0.2, 0.25) is 5.91 Å². The van der Waals surface area contributed by atoms with E-state index >= 15 is 0 Å². The first-order chi connectivity index (χ1) is 17.9. The summed E-state index contributed by atoms with van der Waals surface area (Å²) in [5.41, 5.74) is 7.59. The molecule has 1 aromatic heterocycles. The Morgan fingerprint density at radius 1 is 1.13 bits per heavy atom. The fraction of sp³-hybridized carbons (Fsp3) is 0.519. The topological polar surface area (TPSA) is 169 Å². The molecule has 0 fully saturated rings. The van der Waals surface area contributed by atoms with Crippen LogP contribution < -0.4 is 11.1 Å². The van der Waals surface area contributed by atoms with Crippen LogP contribution in [-0.4, -0.2) is 63.3 Å². The standard InChI is InChI=1S/C27H37N3O7S/c1-15(2)12-20(28)24(32)19(27(36)37-4)9-7-11-23(38-16(3)31)25(33)30-22(26(34)35)13-17-14-29-21-10-6-5-8-18(17)21/h5-6,8,10,14-15,19-20,22-23,29H,7,9,11-13,28H2,1-4H3,(H,30,33)(H,34,35)/t19?,20-,22-,23?/m0/s1. The molecule has 38 heavy (non-hydrogen) atoms. The zero-order valence-corrected chi connectivity index (χ0v) is 23.0. The summed E-state index contributed by atoms with van der Waals surface area (Å²) in [6, 6.07) is 5.41. The van der Waals surface area contributed by atoms with Crippen LogP contribution in [0.3, 0.4) is 0 Å². The van der Waals surface area contributed by atoms with Crippen LogP contribution in [0.5, 0.6) is 0 Å². The van der Waals surface area contributed by atoms with E-state index in [1.807, 2.05) is 38.1 Å². The fourth-order valence-electron chi connectivity index (χ4n) is 4.34. The number of nitrogens with one attached hydrogen (secondary N) is 2. The molecule has 0 aliphatic carbocycles. The quantitative estimate of drug-likeness (QED) is 0.193. The van der Waals surface area contributed by atoms with Crippen molar-refractivity contribution in [2.75, 3.05) is 7.11 Å². The van der Waals surface area contributed by atoms with Crippen molar-refractivity contribution >= 4 is 51.4 Å². The Morgan fingerprint density at radius 2 is 1.82 bits per heavy atom. The zero-order chi connectivity index (χ0) is 28.4. The Morgan fingerprint density at radius 3 is 2.42 bits per heavy atom. The first kappa shape index (κ1) is 31.0. The Hall–Kier alpha value is -3.18. The summed E-state index contributed by atoms with van der Waals surface area (Å²) in [4.78, 5) is 65.1. The number of benzene rings is 1. The number of hydrogen-bond acceptors (Lipinski definition) is 8. The van der Waals surface area contributed by atoms with Gasteiger partial charge in [0.25, 0.3) is 0 Å². The highest BCUT2D eigenvalue weighted by atomic mass is 32.2. The number of fused-ring (bicyclic) bond motifs is 1. The van der Waals surface area contributed by atoms with Crippen LogP contribution in [0.15, 0.2) is 30.5 Å². The molecule has 0 spiro atoms. The van der Waals surface area contributed by atoms with Gasteiger partial charge in [-0.3, -0.25) is 19.2 Å². The number of aliphatic carboxylic acids is 1. The van der Waals surface area contributed by atoms with Gasteiger partial charge in [0.1, 0.15) is 12.0 Å². The Kier molecular flexibility index (Phi) is 12.0. The second-order valence-corrected chi connectivity index (χ2v) is 11.1. The van der Waals surface area contributed by atoms with E-state index < -0.39 is 46.9 Å². The molecule has 1 aromatic carbocycles. The van der Waals surface area contributed by atoms with Crippen LogP contribution in [0.2, 0.25) is 0 Å². The molecule has 208 valence electrons. The summed E-state index contributed by atoms with van der Waals surface area (Å²) in [7, 11) is 1.19. The summed E-state index contributed by atoms with van der Waals surface area (Å²) in [5.74, 6) is -3.83. The van der Waals surface area contributed by atoms with E-state index in [9.17, 15) is 29.1 Å². The van der Waals surface area contributed by atoms with E-state index in [1.54, 1.807) is 6.20 Å². The van der Waals surface area contributed by atoms with Gasteiger partial charge in [-0.15, -0.1) is 0 Å². The molecule has 0 bridgehead atoms. The van der Waals surface area contributed by atoms with Gasteiger partial charge in [-0.2, -0.15) is 0 Å². The minimum Gasteiger partial charge on any atom is -0.480 e. The van der Waals surface area contributed by atoms with Gasteiger partial charge < -0.3 is 25.9 Å². The van der Waals surface area contributed by atoms with E-state index in [0.717, 1.165) is 28.2 Å². The van der Waals surface area contributed by atoms with Crippen molar-refractivity contribution in [3.05, 3.63) is 36.0 Å². The minimum atomic E-state index is -1.21. The summed E-state index contributed by atoms with van der Waals surface area (Å²) >= 11 is 0.785. The third-order valence-electron chi connectivity index (χ3n) is 6.19. The van der Waals surface area contributed by atoms with E-state index in [4.69, 9.17) is 10.5 Å². The first-order valence-electron chi connectivity index (χ1n) is 12.6.